The summed E-state index contributed by atoms with van der Waals surface area (Å²) < 4.78 is 0. The normalized spacial score (nSPS) is 49.3. The minimum Gasteiger partial charge on any atom is -0.372 e. The molecule has 118 valence electrons. The topological polar surface area (TPSA) is 60.5 Å². The van der Waals surface area contributed by atoms with Crippen molar-refractivity contribution in [3.8, 4) is 0 Å². The summed E-state index contributed by atoms with van der Waals surface area (Å²) in [6.07, 6.45) is 9.99. The van der Waals surface area contributed by atoms with Crippen molar-refractivity contribution in [1.82, 2.24) is 21.3 Å². The molecule has 0 amide bonds. The highest BCUT2D eigenvalue weighted by atomic mass is 79.9. The fraction of sp³-hybridized carbons (Fsp3) is 0.933. The third-order valence-corrected chi connectivity index (χ3v) is 6.53. The van der Waals surface area contributed by atoms with Crippen molar-refractivity contribution in [1.29, 1.82) is 0 Å². The van der Waals surface area contributed by atoms with Gasteiger partial charge in [-0.25, -0.2) is 0 Å². The van der Waals surface area contributed by atoms with Crippen LogP contribution < -0.4 is 21.3 Å². The zero-order valence-electron chi connectivity index (χ0n) is 12.4. The summed E-state index contributed by atoms with van der Waals surface area (Å²) in [6, 6.07) is 2.29. The van der Waals surface area contributed by atoms with Crippen LogP contribution in [-0.2, 0) is 0 Å². The molecule has 0 spiro atoms. The largest absolute Gasteiger partial charge is 0.372 e. The number of fused-ring (bicyclic) bond motifs is 2. The number of alkyl halides is 1. The minimum absolute atomic E-state index is 0.447. The SMILES string of the molecule is BrC1CCCC(NC2NCNC3CC4N=CNC4CC32)C1. The number of aliphatic imine (C=N–C) groups is 1. The van der Waals surface area contributed by atoms with E-state index >= 15 is 0 Å². The molecular formula is C15H26BrN5. The van der Waals surface area contributed by atoms with Crippen LogP contribution in [-0.4, -0.2) is 48.2 Å². The number of rotatable bonds is 2. The molecule has 2 heterocycles. The van der Waals surface area contributed by atoms with Crippen LogP contribution in [0.15, 0.2) is 4.99 Å². The van der Waals surface area contributed by atoms with Crippen LogP contribution in [0.2, 0.25) is 0 Å². The zero-order chi connectivity index (χ0) is 14.2. The van der Waals surface area contributed by atoms with Crippen LogP contribution in [0.1, 0.15) is 38.5 Å². The second-order valence-corrected chi connectivity index (χ2v) is 8.35. The Hall–Kier alpha value is -0.170. The van der Waals surface area contributed by atoms with Crippen molar-refractivity contribution < 1.29 is 0 Å². The van der Waals surface area contributed by atoms with E-state index in [1.54, 1.807) is 0 Å². The molecule has 3 fully saturated rings. The Morgan fingerprint density at radius 3 is 2.95 bits per heavy atom. The Balaban J connectivity index is 1.40. The van der Waals surface area contributed by atoms with Gasteiger partial charge in [0.1, 0.15) is 0 Å². The third-order valence-electron chi connectivity index (χ3n) is 5.70. The quantitative estimate of drug-likeness (QED) is 0.556. The molecule has 4 rings (SSSR count). The first kappa shape index (κ1) is 14.4. The highest BCUT2D eigenvalue weighted by molar-refractivity contribution is 9.09. The smallest absolute Gasteiger partial charge is 0.0831 e. The van der Waals surface area contributed by atoms with Crippen LogP contribution in [0.5, 0.6) is 0 Å². The summed E-state index contributed by atoms with van der Waals surface area (Å²) >= 11 is 3.80. The van der Waals surface area contributed by atoms with Gasteiger partial charge in [0, 0.05) is 35.5 Å². The van der Waals surface area contributed by atoms with Gasteiger partial charge < -0.3 is 10.6 Å². The maximum absolute atomic E-state index is 4.58. The molecule has 4 aliphatic rings. The van der Waals surface area contributed by atoms with Crippen LogP contribution in [0, 0.1) is 5.92 Å². The summed E-state index contributed by atoms with van der Waals surface area (Å²) in [7, 11) is 0. The number of nitrogens with one attached hydrogen (secondary N) is 4. The minimum atomic E-state index is 0.447. The Morgan fingerprint density at radius 1 is 1.10 bits per heavy atom. The average Bonchev–Trinajstić information content (AvgIpc) is 2.93. The van der Waals surface area contributed by atoms with Gasteiger partial charge in [0.2, 0.25) is 0 Å². The molecule has 1 saturated heterocycles. The van der Waals surface area contributed by atoms with Gasteiger partial charge in [0.05, 0.1) is 18.5 Å². The predicted molar refractivity (Wildman–Crippen MR) is 88.7 cm³/mol. The third kappa shape index (κ3) is 3.00. The van der Waals surface area contributed by atoms with Gasteiger partial charge in [-0.15, -0.1) is 0 Å². The van der Waals surface area contributed by atoms with Gasteiger partial charge in [0.25, 0.3) is 0 Å². The number of nitrogens with zero attached hydrogens (tertiary/aromatic N) is 1. The molecule has 0 aromatic heterocycles. The molecule has 4 N–H and O–H groups in total. The lowest BCUT2D eigenvalue weighted by Gasteiger charge is -2.47. The molecular weight excluding hydrogens is 330 g/mol. The molecule has 0 bridgehead atoms. The number of halogens is 1. The van der Waals surface area contributed by atoms with Crippen molar-refractivity contribution >= 4 is 22.3 Å². The molecule has 2 aliphatic heterocycles. The second kappa shape index (κ2) is 6.14. The Labute approximate surface area is 135 Å². The van der Waals surface area contributed by atoms with Gasteiger partial charge in [0.15, 0.2) is 0 Å². The lowest BCUT2D eigenvalue weighted by Crippen LogP contribution is -2.67. The molecule has 2 aliphatic carbocycles. The fourth-order valence-electron chi connectivity index (χ4n) is 4.56. The molecule has 7 atom stereocenters. The van der Waals surface area contributed by atoms with E-state index in [4.69, 9.17) is 0 Å². The summed E-state index contributed by atoms with van der Waals surface area (Å²) in [5.41, 5.74) is 0. The van der Waals surface area contributed by atoms with Crippen LogP contribution >= 0.6 is 15.9 Å². The molecule has 5 nitrogen and oxygen atoms in total. The van der Waals surface area contributed by atoms with E-state index in [1.165, 1.54) is 38.5 Å². The highest BCUT2D eigenvalue weighted by Gasteiger charge is 2.43. The summed E-state index contributed by atoms with van der Waals surface area (Å²) in [6.45, 7) is 0.915. The predicted octanol–water partition coefficient (Wildman–Crippen LogP) is 0.906. The van der Waals surface area contributed by atoms with Gasteiger partial charge >= 0.3 is 0 Å². The lowest BCUT2D eigenvalue weighted by atomic mass is 9.76. The second-order valence-electron chi connectivity index (χ2n) is 7.05. The van der Waals surface area contributed by atoms with Crippen molar-refractivity contribution in [3.63, 3.8) is 0 Å². The van der Waals surface area contributed by atoms with E-state index in [9.17, 15) is 0 Å². The van der Waals surface area contributed by atoms with Crippen molar-refractivity contribution in [3.05, 3.63) is 0 Å². The molecule has 21 heavy (non-hydrogen) atoms. The maximum atomic E-state index is 4.58. The Morgan fingerprint density at radius 2 is 2.05 bits per heavy atom. The van der Waals surface area contributed by atoms with Crippen LogP contribution in [0.4, 0.5) is 0 Å². The molecule has 0 aromatic rings. The first-order valence-corrected chi connectivity index (χ1v) is 9.36. The monoisotopic (exact) mass is 355 g/mol. The van der Waals surface area contributed by atoms with E-state index in [-0.39, 0.29) is 0 Å². The summed E-state index contributed by atoms with van der Waals surface area (Å²) in [5, 5.41) is 14.7. The van der Waals surface area contributed by atoms with Crippen molar-refractivity contribution in [2.75, 3.05) is 6.67 Å². The molecule has 0 radical (unpaired) electrons. The first-order chi connectivity index (χ1) is 10.3. The van der Waals surface area contributed by atoms with Crippen molar-refractivity contribution in [2.24, 2.45) is 10.9 Å². The van der Waals surface area contributed by atoms with Crippen LogP contribution in [0.3, 0.4) is 0 Å². The molecule has 6 heteroatoms. The summed E-state index contributed by atoms with van der Waals surface area (Å²) in [5.74, 6) is 0.657. The first-order valence-electron chi connectivity index (χ1n) is 8.44. The van der Waals surface area contributed by atoms with Gasteiger partial charge in [-0.3, -0.25) is 15.6 Å². The lowest BCUT2D eigenvalue weighted by molar-refractivity contribution is 0.104. The van der Waals surface area contributed by atoms with Gasteiger partial charge in [-0.1, -0.05) is 22.4 Å². The van der Waals surface area contributed by atoms with E-state index < -0.39 is 0 Å². The van der Waals surface area contributed by atoms with E-state index in [0.717, 1.165) is 6.67 Å². The van der Waals surface area contributed by atoms with E-state index in [1.807, 2.05) is 6.34 Å². The van der Waals surface area contributed by atoms with Crippen LogP contribution in [0.25, 0.3) is 0 Å². The Bertz CT molecular complexity index is 404. The molecule has 7 unspecified atom stereocenters. The highest BCUT2D eigenvalue weighted by Crippen LogP contribution is 2.33. The molecule has 2 saturated carbocycles. The van der Waals surface area contributed by atoms with E-state index in [0.29, 0.717) is 41.1 Å². The standard InChI is InChI=1S/C15H26BrN5/c16-9-2-1-3-10(4-9)21-15-11-5-13-14(19-7-18-13)6-12(11)17-8-20-15/h7,9-15,17,20-21H,1-6,8H2,(H,18,19). The number of hydrogen-bond acceptors (Lipinski definition) is 5. The molecule has 0 aromatic carbocycles. The fourth-order valence-corrected chi connectivity index (χ4v) is 5.34. The van der Waals surface area contributed by atoms with E-state index in [2.05, 4.69) is 42.2 Å². The average molecular weight is 356 g/mol. The van der Waals surface area contributed by atoms with Crippen molar-refractivity contribution in [2.45, 2.75) is 73.7 Å². The maximum Gasteiger partial charge on any atom is 0.0831 e. The summed E-state index contributed by atoms with van der Waals surface area (Å²) in [4.78, 5) is 5.27. The Kier molecular flexibility index (Phi) is 4.22. The zero-order valence-corrected chi connectivity index (χ0v) is 14.0. The van der Waals surface area contributed by atoms with Gasteiger partial charge in [-0.05, 0) is 32.1 Å². The van der Waals surface area contributed by atoms with Gasteiger partial charge in [-0.2, -0.15) is 0 Å². The number of hydrogen-bond donors (Lipinski definition) is 4.